The molecule has 1 heterocycles. The van der Waals surface area contributed by atoms with E-state index in [4.69, 9.17) is 4.74 Å². The molecule has 1 aromatic heterocycles. The minimum absolute atomic E-state index is 0.0451. The number of hydrogen-bond donors (Lipinski definition) is 3. The number of aliphatic hydroxyl groups is 1. The first-order valence-electron chi connectivity index (χ1n) is 8.36. The maximum Gasteiger partial charge on any atom is 0.244 e. The van der Waals surface area contributed by atoms with Crippen LogP contribution in [0, 0.1) is 0 Å². The Hall–Kier alpha value is -3.01. The van der Waals surface area contributed by atoms with Crippen molar-refractivity contribution in [2.24, 2.45) is 0 Å². The normalized spacial score (nSPS) is 12.5. The second-order valence-electron chi connectivity index (χ2n) is 5.93. The number of amides is 1. The van der Waals surface area contributed by atoms with Crippen LogP contribution < -0.4 is 14.8 Å². The number of fused-ring (bicyclic) bond motifs is 1. The van der Waals surface area contributed by atoms with Crippen molar-refractivity contribution in [3.8, 4) is 5.75 Å². The molecular weight excluding hydrogens is 382 g/mol. The fourth-order valence-electron chi connectivity index (χ4n) is 2.57. The highest BCUT2D eigenvalue weighted by Gasteiger charge is 2.25. The van der Waals surface area contributed by atoms with E-state index in [9.17, 15) is 18.3 Å². The molecular formula is C19H19N3O5S. The van der Waals surface area contributed by atoms with Crippen LogP contribution in [0.15, 0.2) is 65.7 Å². The number of aliphatic hydroxyl groups excluding tert-OH is 1. The SMILES string of the molecule is COc1ccc(S(=O)(=O)NC(CO)C(=O)Nc2ccc3ncccc3c2)cc1. The van der Waals surface area contributed by atoms with Gasteiger partial charge in [0, 0.05) is 17.3 Å². The van der Waals surface area contributed by atoms with E-state index in [0.717, 1.165) is 10.9 Å². The molecule has 1 atom stereocenters. The Labute approximate surface area is 162 Å². The first-order valence-corrected chi connectivity index (χ1v) is 9.84. The summed E-state index contributed by atoms with van der Waals surface area (Å²) in [6, 6.07) is 13.1. The first-order chi connectivity index (χ1) is 13.4. The van der Waals surface area contributed by atoms with Gasteiger partial charge in [-0.3, -0.25) is 9.78 Å². The molecule has 0 aliphatic rings. The van der Waals surface area contributed by atoms with Crippen LogP contribution in [-0.2, 0) is 14.8 Å². The average Bonchev–Trinajstić information content (AvgIpc) is 2.72. The Morgan fingerprint density at radius 3 is 2.61 bits per heavy atom. The molecule has 1 unspecified atom stereocenters. The number of ether oxygens (including phenoxy) is 1. The number of carbonyl (C=O) groups excluding carboxylic acids is 1. The van der Waals surface area contributed by atoms with E-state index in [2.05, 4.69) is 15.0 Å². The Bertz CT molecular complexity index is 1080. The number of nitrogens with zero attached hydrogens (tertiary/aromatic N) is 1. The second kappa shape index (κ2) is 8.34. The van der Waals surface area contributed by atoms with Gasteiger partial charge >= 0.3 is 0 Å². The van der Waals surface area contributed by atoms with Crippen molar-refractivity contribution >= 4 is 32.5 Å². The third kappa shape index (κ3) is 4.45. The van der Waals surface area contributed by atoms with Crippen molar-refractivity contribution < 1.29 is 23.1 Å². The van der Waals surface area contributed by atoms with E-state index in [1.807, 2.05) is 6.07 Å². The maximum atomic E-state index is 12.5. The quantitative estimate of drug-likeness (QED) is 0.553. The highest BCUT2D eigenvalue weighted by Crippen LogP contribution is 2.18. The number of pyridine rings is 1. The van der Waals surface area contributed by atoms with Crippen molar-refractivity contribution in [2.45, 2.75) is 10.9 Å². The van der Waals surface area contributed by atoms with Gasteiger partial charge in [-0.2, -0.15) is 4.72 Å². The minimum atomic E-state index is -4.00. The lowest BCUT2D eigenvalue weighted by Gasteiger charge is -2.17. The van der Waals surface area contributed by atoms with Gasteiger partial charge in [0.1, 0.15) is 11.8 Å². The standard InChI is InChI=1S/C19H19N3O5S/c1-27-15-5-7-16(8-6-15)28(25,26)22-18(12-23)19(24)21-14-4-9-17-13(11-14)3-2-10-20-17/h2-11,18,22-23H,12H2,1H3,(H,21,24). The number of rotatable bonds is 7. The molecule has 0 aliphatic heterocycles. The van der Waals surface area contributed by atoms with Crippen LogP contribution in [0.1, 0.15) is 0 Å². The minimum Gasteiger partial charge on any atom is -0.497 e. The summed E-state index contributed by atoms with van der Waals surface area (Å²) in [5, 5.41) is 12.9. The lowest BCUT2D eigenvalue weighted by molar-refractivity contribution is -0.118. The number of benzene rings is 2. The second-order valence-corrected chi connectivity index (χ2v) is 7.65. The van der Waals surface area contributed by atoms with Gasteiger partial charge in [-0.1, -0.05) is 6.07 Å². The molecule has 0 spiro atoms. The maximum absolute atomic E-state index is 12.5. The first kappa shape index (κ1) is 19.7. The highest BCUT2D eigenvalue weighted by atomic mass is 32.2. The molecule has 3 rings (SSSR count). The predicted octanol–water partition coefficient (Wildman–Crippen LogP) is 1.52. The highest BCUT2D eigenvalue weighted by molar-refractivity contribution is 7.89. The molecule has 1 amide bonds. The van der Waals surface area contributed by atoms with Gasteiger partial charge in [0.05, 0.1) is 24.1 Å². The van der Waals surface area contributed by atoms with Gasteiger partial charge in [0.2, 0.25) is 15.9 Å². The average molecular weight is 401 g/mol. The van der Waals surface area contributed by atoms with Crippen LogP contribution in [0.2, 0.25) is 0 Å². The van der Waals surface area contributed by atoms with Crippen LogP contribution >= 0.6 is 0 Å². The van der Waals surface area contributed by atoms with Crippen molar-refractivity contribution in [3.63, 3.8) is 0 Å². The predicted molar refractivity (Wildman–Crippen MR) is 105 cm³/mol. The Morgan fingerprint density at radius 2 is 1.93 bits per heavy atom. The number of aromatic nitrogens is 1. The zero-order chi connectivity index (χ0) is 20.1. The summed E-state index contributed by atoms with van der Waals surface area (Å²) in [6.45, 7) is -0.698. The van der Waals surface area contributed by atoms with Gasteiger partial charge < -0.3 is 15.2 Å². The molecule has 0 fully saturated rings. The molecule has 0 radical (unpaired) electrons. The summed E-state index contributed by atoms with van der Waals surface area (Å²) in [6.07, 6.45) is 1.66. The largest absolute Gasteiger partial charge is 0.497 e. The van der Waals surface area contributed by atoms with Gasteiger partial charge in [0.15, 0.2) is 0 Å². The van der Waals surface area contributed by atoms with Gasteiger partial charge in [-0.25, -0.2) is 8.42 Å². The monoisotopic (exact) mass is 401 g/mol. The molecule has 3 N–H and O–H groups in total. The third-order valence-electron chi connectivity index (χ3n) is 4.04. The van der Waals surface area contributed by atoms with E-state index >= 15 is 0 Å². The smallest absolute Gasteiger partial charge is 0.244 e. The van der Waals surface area contributed by atoms with Crippen LogP contribution in [0.4, 0.5) is 5.69 Å². The lowest BCUT2D eigenvalue weighted by atomic mass is 10.2. The van der Waals surface area contributed by atoms with Crippen molar-refractivity contribution in [1.29, 1.82) is 0 Å². The molecule has 0 saturated heterocycles. The molecule has 0 saturated carbocycles. The van der Waals surface area contributed by atoms with Crippen molar-refractivity contribution in [2.75, 3.05) is 19.0 Å². The molecule has 3 aromatic rings. The molecule has 2 aromatic carbocycles. The number of methoxy groups -OCH3 is 1. The molecule has 146 valence electrons. The molecule has 0 bridgehead atoms. The fourth-order valence-corrected chi connectivity index (χ4v) is 3.75. The van der Waals surface area contributed by atoms with E-state index in [0.29, 0.717) is 11.4 Å². The van der Waals surface area contributed by atoms with Crippen LogP contribution in [-0.4, -0.2) is 44.2 Å². The number of sulfonamides is 1. The molecule has 0 aliphatic carbocycles. The zero-order valence-corrected chi connectivity index (χ0v) is 15.8. The molecule has 9 heteroatoms. The molecule has 8 nitrogen and oxygen atoms in total. The van der Waals surface area contributed by atoms with Crippen molar-refractivity contribution in [3.05, 3.63) is 60.8 Å². The van der Waals surface area contributed by atoms with Crippen LogP contribution in [0.3, 0.4) is 0 Å². The number of nitrogens with one attached hydrogen (secondary N) is 2. The fraction of sp³-hybridized carbons (Fsp3) is 0.158. The third-order valence-corrected chi connectivity index (χ3v) is 5.52. The Kier molecular flexibility index (Phi) is 5.88. The number of carbonyl (C=O) groups is 1. The summed E-state index contributed by atoms with van der Waals surface area (Å²) < 4.78 is 32.2. The van der Waals surface area contributed by atoms with E-state index in [1.54, 1.807) is 30.5 Å². The summed E-state index contributed by atoms with van der Waals surface area (Å²) in [5.74, 6) is -0.177. The topological polar surface area (TPSA) is 118 Å². The summed E-state index contributed by atoms with van der Waals surface area (Å²) >= 11 is 0. The summed E-state index contributed by atoms with van der Waals surface area (Å²) in [4.78, 5) is 16.6. The zero-order valence-electron chi connectivity index (χ0n) is 15.0. The van der Waals surface area contributed by atoms with E-state index in [-0.39, 0.29) is 4.90 Å². The summed E-state index contributed by atoms with van der Waals surface area (Å²) in [5.41, 5.74) is 1.23. The number of hydrogen-bond acceptors (Lipinski definition) is 6. The van der Waals surface area contributed by atoms with Gasteiger partial charge in [-0.15, -0.1) is 0 Å². The summed E-state index contributed by atoms with van der Waals surface area (Å²) in [7, 11) is -2.54. The van der Waals surface area contributed by atoms with Crippen LogP contribution in [0.25, 0.3) is 10.9 Å². The van der Waals surface area contributed by atoms with Gasteiger partial charge in [0.25, 0.3) is 0 Å². The number of anilines is 1. The Morgan fingerprint density at radius 1 is 1.18 bits per heavy atom. The van der Waals surface area contributed by atoms with E-state index in [1.165, 1.54) is 31.4 Å². The van der Waals surface area contributed by atoms with Crippen molar-refractivity contribution in [1.82, 2.24) is 9.71 Å². The molecule has 28 heavy (non-hydrogen) atoms. The lowest BCUT2D eigenvalue weighted by Crippen LogP contribution is -2.46. The van der Waals surface area contributed by atoms with Crippen LogP contribution in [0.5, 0.6) is 5.75 Å². The Balaban J connectivity index is 1.74. The van der Waals surface area contributed by atoms with E-state index < -0.39 is 28.6 Å². The van der Waals surface area contributed by atoms with Gasteiger partial charge in [-0.05, 0) is 48.5 Å².